The molecule has 0 saturated heterocycles. The van der Waals surface area contributed by atoms with Crippen molar-refractivity contribution in [2.24, 2.45) is 0 Å². The van der Waals surface area contributed by atoms with E-state index >= 15 is 0 Å². The minimum absolute atomic E-state index is 0.239. The molecule has 3 aromatic carbocycles. The first kappa shape index (κ1) is 35.9. The van der Waals surface area contributed by atoms with Gasteiger partial charge in [-0.05, 0) is 108 Å². The number of carbonyl (C=O) groups is 5. The molecule has 11 nitrogen and oxygen atoms in total. The van der Waals surface area contributed by atoms with Gasteiger partial charge in [-0.1, -0.05) is 29.8 Å². The van der Waals surface area contributed by atoms with Crippen LogP contribution in [0.1, 0.15) is 84.0 Å². The smallest absolute Gasteiger partial charge is 0.408 e. The fourth-order valence-corrected chi connectivity index (χ4v) is 5.47. The number of hydrogen-bond donors (Lipinski definition) is 3. The fourth-order valence-electron chi connectivity index (χ4n) is 5.29. The predicted molar refractivity (Wildman–Crippen MR) is 183 cm³/mol. The lowest BCUT2D eigenvalue weighted by Gasteiger charge is -2.25. The number of nitrogens with zero attached hydrogens (tertiary/aromatic N) is 1. The van der Waals surface area contributed by atoms with Crippen LogP contribution in [0, 0.1) is 13.8 Å². The van der Waals surface area contributed by atoms with Gasteiger partial charge in [0.1, 0.15) is 24.3 Å². The number of fused-ring (bicyclic) bond motifs is 1. The molecule has 1 heterocycles. The van der Waals surface area contributed by atoms with Crippen LogP contribution in [-0.2, 0) is 19.1 Å². The maximum absolute atomic E-state index is 14.0. The predicted octanol–water partition coefficient (Wildman–Crippen LogP) is 6.26. The molecule has 0 spiro atoms. The molecule has 0 fully saturated rings. The third-order valence-electron chi connectivity index (χ3n) is 7.63. The zero-order valence-corrected chi connectivity index (χ0v) is 28.7. The Hall–Kier alpha value is -4.90. The van der Waals surface area contributed by atoms with Crippen molar-refractivity contribution in [3.05, 3.63) is 93.5 Å². The van der Waals surface area contributed by atoms with Crippen LogP contribution in [-0.4, -0.2) is 54.5 Å². The number of esters is 1. The van der Waals surface area contributed by atoms with Gasteiger partial charge in [-0.15, -0.1) is 0 Å². The number of anilines is 2. The number of amides is 4. The third-order valence-corrected chi connectivity index (χ3v) is 7.87. The highest BCUT2D eigenvalue weighted by molar-refractivity contribution is 6.30. The number of rotatable bonds is 8. The number of carbonyl (C=O) groups excluding carboxylic acids is 5. The second kappa shape index (κ2) is 15.3. The Bertz CT molecular complexity index is 1720. The van der Waals surface area contributed by atoms with Crippen LogP contribution in [0.25, 0.3) is 0 Å². The van der Waals surface area contributed by atoms with Gasteiger partial charge >= 0.3 is 12.1 Å². The number of hydrogen-bond acceptors (Lipinski definition) is 7. The number of aryl methyl sites for hydroxylation is 2. The molecular weight excluding hydrogens is 636 g/mol. The monoisotopic (exact) mass is 676 g/mol. The molecule has 0 aliphatic carbocycles. The highest BCUT2D eigenvalue weighted by Crippen LogP contribution is 2.38. The molecule has 254 valence electrons. The standard InChI is InChI=1S/C36H41ClN4O7/c1-21-10-7-8-11-26(21)33(44)40-25-14-15-27(22(2)18-25)34(45)41-17-9-12-30(28-19-24(37)13-16-29(28)41)47-31(42)20-38-32(43)23(3)39-35(46)48-36(4,5)6/h7-8,10-11,13-16,18-19,23,30H,9,12,17,20H2,1-6H3,(H,38,43)(H,39,46)(H,40,44)/t23-,30?/m0/s1. The Labute approximate surface area is 285 Å². The summed E-state index contributed by atoms with van der Waals surface area (Å²) in [6.07, 6.45) is -0.549. The van der Waals surface area contributed by atoms with Gasteiger partial charge in [0, 0.05) is 33.9 Å². The molecule has 0 aromatic heterocycles. The lowest BCUT2D eigenvalue weighted by molar-refractivity contribution is -0.149. The number of ether oxygens (including phenoxy) is 2. The van der Waals surface area contributed by atoms with E-state index in [2.05, 4.69) is 16.0 Å². The third kappa shape index (κ3) is 9.34. The molecule has 3 aromatic rings. The highest BCUT2D eigenvalue weighted by Gasteiger charge is 2.31. The largest absolute Gasteiger partial charge is 0.456 e. The van der Waals surface area contributed by atoms with E-state index in [1.165, 1.54) is 6.92 Å². The summed E-state index contributed by atoms with van der Waals surface area (Å²) in [6, 6.07) is 16.5. The summed E-state index contributed by atoms with van der Waals surface area (Å²) in [4.78, 5) is 65.8. The first-order valence-corrected chi connectivity index (χ1v) is 16.1. The van der Waals surface area contributed by atoms with Gasteiger partial charge in [0.05, 0.1) is 5.69 Å². The zero-order valence-electron chi connectivity index (χ0n) is 27.9. The van der Waals surface area contributed by atoms with Gasteiger partial charge in [-0.2, -0.15) is 0 Å². The van der Waals surface area contributed by atoms with Crippen LogP contribution >= 0.6 is 11.6 Å². The first-order chi connectivity index (χ1) is 22.6. The summed E-state index contributed by atoms with van der Waals surface area (Å²) in [5.74, 6) is -1.77. The molecule has 0 saturated carbocycles. The lowest BCUT2D eigenvalue weighted by Crippen LogP contribution is -2.47. The molecule has 48 heavy (non-hydrogen) atoms. The van der Waals surface area contributed by atoms with Crippen molar-refractivity contribution in [2.45, 2.75) is 72.1 Å². The van der Waals surface area contributed by atoms with Crippen LogP contribution in [0.15, 0.2) is 60.7 Å². The van der Waals surface area contributed by atoms with E-state index in [0.29, 0.717) is 58.0 Å². The summed E-state index contributed by atoms with van der Waals surface area (Å²) in [6.45, 7) is 10.2. The van der Waals surface area contributed by atoms with Crippen molar-refractivity contribution in [2.75, 3.05) is 23.3 Å². The van der Waals surface area contributed by atoms with E-state index in [1.54, 1.807) is 81.1 Å². The average molecular weight is 677 g/mol. The summed E-state index contributed by atoms with van der Waals surface area (Å²) in [5.41, 5.74) is 3.50. The topological polar surface area (TPSA) is 143 Å². The van der Waals surface area contributed by atoms with Crippen molar-refractivity contribution in [1.82, 2.24) is 10.6 Å². The van der Waals surface area contributed by atoms with Gasteiger partial charge in [0.2, 0.25) is 5.91 Å². The molecule has 1 aliphatic heterocycles. The summed E-state index contributed by atoms with van der Waals surface area (Å²) < 4.78 is 10.9. The van der Waals surface area contributed by atoms with E-state index in [0.717, 1.165) is 5.56 Å². The molecule has 0 bridgehead atoms. The van der Waals surface area contributed by atoms with Crippen LogP contribution in [0.5, 0.6) is 0 Å². The van der Waals surface area contributed by atoms with E-state index in [4.69, 9.17) is 21.1 Å². The molecule has 1 aliphatic rings. The quantitative estimate of drug-likeness (QED) is 0.239. The Morgan fingerprint density at radius 3 is 2.38 bits per heavy atom. The Morgan fingerprint density at radius 2 is 1.69 bits per heavy atom. The van der Waals surface area contributed by atoms with Gasteiger partial charge in [-0.3, -0.25) is 19.2 Å². The fraction of sp³-hybridized carbons (Fsp3) is 0.361. The molecule has 4 amide bonds. The minimum atomic E-state index is -0.952. The minimum Gasteiger partial charge on any atom is -0.456 e. The molecule has 2 atom stereocenters. The van der Waals surface area contributed by atoms with Crippen LogP contribution in [0.4, 0.5) is 16.2 Å². The summed E-state index contributed by atoms with van der Waals surface area (Å²) in [7, 11) is 0. The molecule has 12 heteroatoms. The van der Waals surface area contributed by atoms with Gasteiger partial charge in [-0.25, -0.2) is 4.79 Å². The summed E-state index contributed by atoms with van der Waals surface area (Å²) in [5, 5.41) is 8.21. The normalized spacial score (nSPS) is 14.9. The van der Waals surface area contributed by atoms with E-state index < -0.39 is 42.3 Å². The van der Waals surface area contributed by atoms with Gasteiger partial charge in [0.15, 0.2) is 0 Å². The lowest BCUT2D eigenvalue weighted by atomic mass is 10.0. The maximum atomic E-state index is 14.0. The number of nitrogens with one attached hydrogen (secondary N) is 3. The Morgan fingerprint density at radius 1 is 0.958 bits per heavy atom. The summed E-state index contributed by atoms with van der Waals surface area (Å²) >= 11 is 6.35. The van der Waals surface area contributed by atoms with Crippen molar-refractivity contribution < 1.29 is 33.4 Å². The van der Waals surface area contributed by atoms with E-state index in [1.807, 2.05) is 19.1 Å². The highest BCUT2D eigenvalue weighted by atomic mass is 35.5. The van der Waals surface area contributed by atoms with Gasteiger partial charge < -0.3 is 30.3 Å². The maximum Gasteiger partial charge on any atom is 0.408 e. The molecule has 1 unspecified atom stereocenters. The van der Waals surface area contributed by atoms with Crippen molar-refractivity contribution in [3.8, 4) is 0 Å². The average Bonchev–Trinajstić information content (AvgIpc) is 3.17. The van der Waals surface area contributed by atoms with Crippen LogP contribution in [0.2, 0.25) is 5.02 Å². The van der Waals surface area contributed by atoms with Crippen LogP contribution in [0.3, 0.4) is 0 Å². The zero-order chi connectivity index (χ0) is 35.2. The number of alkyl carbamates (subject to hydrolysis) is 1. The molecule has 0 radical (unpaired) electrons. The van der Waals surface area contributed by atoms with E-state index in [9.17, 15) is 24.0 Å². The number of halogens is 1. The molecule has 3 N–H and O–H groups in total. The Balaban J connectivity index is 1.44. The number of benzene rings is 3. The SMILES string of the molecule is Cc1ccccc1C(=O)Nc1ccc(C(=O)N2CCCC(OC(=O)CNC(=O)[C@H](C)NC(=O)OC(C)(C)C)c3cc(Cl)ccc32)c(C)c1. The van der Waals surface area contributed by atoms with Crippen molar-refractivity contribution >= 4 is 52.8 Å². The van der Waals surface area contributed by atoms with E-state index in [-0.39, 0.29) is 11.8 Å². The van der Waals surface area contributed by atoms with Crippen molar-refractivity contribution in [1.29, 1.82) is 0 Å². The van der Waals surface area contributed by atoms with Crippen molar-refractivity contribution in [3.63, 3.8) is 0 Å². The van der Waals surface area contributed by atoms with Crippen LogP contribution < -0.4 is 20.9 Å². The Kier molecular flexibility index (Phi) is 11.5. The van der Waals surface area contributed by atoms with Gasteiger partial charge in [0.25, 0.3) is 11.8 Å². The second-order valence-electron chi connectivity index (χ2n) is 12.7. The molecular formula is C36H41ClN4O7. The molecule has 4 rings (SSSR count). The second-order valence-corrected chi connectivity index (χ2v) is 13.1. The first-order valence-electron chi connectivity index (χ1n) is 15.7.